The first-order valence-corrected chi connectivity index (χ1v) is 6.64. The van der Waals surface area contributed by atoms with Crippen LogP contribution in [0.5, 0.6) is 5.75 Å². The Hall–Kier alpha value is -2.40. The van der Waals surface area contributed by atoms with Crippen LogP contribution in [0, 0.1) is 13.8 Å². The summed E-state index contributed by atoms with van der Waals surface area (Å²) >= 11 is 0. The second-order valence-electron chi connectivity index (χ2n) is 4.80. The van der Waals surface area contributed by atoms with Crippen LogP contribution >= 0.6 is 0 Å². The average molecular weight is 286 g/mol. The number of hydrogen-bond acceptors (Lipinski definition) is 4. The normalized spacial score (nSPS) is 10.2. The van der Waals surface area contributed by atoms with Crippen LogP contribution < -0.4 is 10.1 Å². The number of nitrogens with zero attached hydrogens (tertiary/aromatic N) is 1. The molecule has 2 aromatic rings. The minimum atomic E-state index is -0.293. The standard InChI is InChI=1S/C16H18N2O3/c1-11-3-4-12(2)15(7-11)21-10-16(20)18-14-8-17-6-5-13(14)9-19/h3-8,19H,9-10H2,1-2H3,(H,18,20). The average Bonchev–Trinajstić information content (AvgIpc) is 2.49. The first-order valence-electron chi connectivity index (χ1n) is 6.64. The molecular weight excluding hydrogens is 268 g/mol. The second-order valence-corrected chi connectivity index (χ2v) is 4.80. The van der Waals surface area contributed by atoms with Crippen LogP contribution in [0.1, 0.15) is 16.7 Å². The Balaban J connectivity index is 1.97. The van der Waals surface area contributed by atoms with Gasteiger partial charge in [0.1, 0.15) is 5.75 Å². The van der Waals surface area contributed by atoms with Gasteiger partial charge in [-0.2, -0.15) is 0 Å². The molecule has 110 valence electrons. The Labute approximate surface area is 123 Å². The summed E-state index contributed by atoms with van der Waals surface area (Å²) in [4.78, 5) is 15.8. The van der Waals surface area contributed by atoms with E-state index < -0.39 is 0 Å². The van der Waals surface area contributed by atoms with E-state index in [0.717, 1.165) is 11.1 Å². The van der Waals surface area contributed by atoms with Gasteiger partial charge in [-0.25, -0.2) is 0 Å². The van der Waals surface area contributed by atoms with E-state index in [1.165, 1.54) is 6.20 Å². The Kier molecular flexibility index (Phi) is 4.90. The number of benzene rings is 1. The van der Waals surface area contributed by atoms with Gasteiger partial charge in [-0.3, -0.25) is 9.78 Å². The molecule has 0 fully saturated rings. The summed E-state index contributed by atoms with van der Waals surface area (Å²) in [5.74, 6) is 0.400. The summed E-state index contributed by atoms with van der Waals surface area (Å²) in [6.07, 6.45) is 3.06. The van der Waals surface area contributed by atoms with Crippen molar-refractivity contribution in [2.45, 2.75) is 20.5 Å². The van der Waals surface area contributed by atoms with Crippen LogP contribution in [0.25, 0.3) is 0 Å². The Morgan fingerprint density at radius 3 is 2.90 bits per heavy atom. The van der Waals surface area contributed by atoms with Crippen molar-refractivity contribution in [1.82, 2.24) is 4.98 Å². The maximum atomic E-state index is 11.9. The molecule has 2 N–H and O–H groups in total. The zero-order valence-electron chi connectivity index (χ0n) is 12.1. The van der Waals surface area contributed by atoms with Crippen LogP contribution in [-0.2, 0) is 11.4 Å². The number of aliphatic hydroxyl groups excluding tert-OH is 1. The molecule has 0 aliphatic heterocycles. The molecule has 2 rings (SSSR count). The van der Waals surface area contributed by atoms with E-state index >= 15 is 0 Å². The van der Waals surface area contributed by atoms with Gasteiger partial charge in [0.05, 0.1) is 18.5 Å². The molecule has 0 bridgehead atoms. The molecule has 0 radical (unpaired) electrons. The summed E-state index contributed by atoms with van der Waals surface area (Å²) in [5.41, 5.74) is 3.16. The topological polar surface area (TPSA) is 71.5 Å². The first kappa shape index (κ1) is 15.0. The number of amides is 1. The number of ether oxygens (including phenoxy) is 1. The number of aromatic nitrogens is 1. The molecule has 1 aromatic carbocycles. The van der Waals surface area contributed by atoms with E-state index in [9.17, 15) is 9.90 Å². The fourth-order valence-electron chi connectivity index (χ4n) is 1.87. The molecule has 0 saturated heterocycles. The second kappa shape index (κ2) is 6.85. The van der Waals surface area contributed by atoms with Crippen LogP contribution in [0.2, 0.25) is 0 Å². The largest absolute Gasteiger partial charge is 0.483 e. The summed E-state index contributed by atoms with van der Waals surface area (Å²) in [6.45, 7) is 3.65. The number of pyridine rings is 1. The molecule has 0 spiro atoms. The SMILES string of the molecule is Cc1ccc(C)c(OCC(=O)Nc2cnccc2CO)c1. The zero-order valence-corrected chi connectivity index (χ0v) is 12.1. The molecule has 1 amide bonds. The maximum Gasteiger partial charge on any atom is 0.262 e. The van der Waals surface area contributed by atoms with E-state index in [4.69, 9.17) is 4.74 Å². The minimum Gasteiger partial charge on any atom is -0.483 e. The van der Waals surface area contributed by atoms with Crippen LogP contribution in [0.3, 0.4) is 0 Å². The van der Waals surface area contributed by atoms with Gasteiger partial charge in [-0.1, -0.05) is 12.1 Å². The summed E-state index contributed by atoms with van der Waals surface area (Å²) < 4.78 is 5.53. The molecule has 0 unspecified atom stereocenters. The summed E-state index contributed by atoms with van der Waals surface area (Å²) in [7, 11) is 0. The fourth-order valence-corrected chi connectivity index (χ4v) is 1.87. The minimum absolute atomic E-state index is 0.0932. The molecule has 0 aliphatic rings. The van der Waals surface area contributed by atoms with Crippen molar-refractivity contribution in [3.05, 3.63) is 53.3 Å². The predicted molar refractivity (Wildman–Crippen MR) is 80.2 cm³/mol. The van der Waals surface area contributed by atoms with E-state index in [0.29, 0.717) is 17.0 Å². The van der Waals surface area contributed by atoms with Crippen LogP contribution in [-0.4, -0.2) is 22.6 Å². The van der Waals surface area contributed by atoms with Gasteiger partial charge in [0, 0.05) is 11.8 Å². The highest BCUT2D eigenvalue weighted by molar-refractivity contribution is 5.92. The molecule has 5 heteroatoms. The number of hydrogen-bond donors (Lipinski definition) is 2. The number of aliphatic hydroxyl groups is 1. The van der Waals surface area contributed by atoms with Gasteiger partial charge >= 0.3 is 0 Å². The lowest BCUT2D eigenvalue weighted by Gasteiger charge is -2.11. The van der Waals surface area contributed by atoms with Crippen molar-refractivity contribution in [1.29, 1.82) is 0 Å². The Morgan fingerprint density at radius 2 is 2.14 bits per heavy atom. The van der Waals surface area contributed by atoms with Crippen molar-refractivity contribution < 1.29 is 14.6 Å². The van der Waals surface area contributed by atoms with Gasteiger partial charge in [0.25, 0.3) is 5.91 Å². The van der Waals surface area contributed by atoms with Gasteiger partial charge < -0.3 is 15.2 Å². The molecule has 1 aromatic heterocycles. The lowest BCUT2D eigenvalue weighted by Crippen LogP contribution is -2.21. The maximum absolute atomic E-state index is 11.9. The van der Waals surface area contributed by atoms with Gasteiger partial charge in [0.15, 0.2) is 6.61 Å². The van der Waals surface area contributed by atoms with E-state index in [1.54, 1.807) is 12.3 Å². The Morgan fingerprint density at radius 1 is 1.33 bits per heavy atom. The predicted octanol–water partition coefficient (Wildman–Crippen LogP) is 2.21. The molecule has 0 aliphatic carbocycles. The highest BCUT2D eigenvalue weighted by Gasteiger charge is 2.08. The molecule has 0 atom stereocenters. The number of aryl methyl sites for hydroxylation is 2. The molecule has 1 heterocycles. The van der Waals surface area contributed by atoms with E-state index in [1.807, 2.05) is 32.0 Å². The smallest absolute Gasteiger partial charge is 0.262 e. The van der Waals surface area contributed by atoms with Crippen molar-refractivity contribution in [3.8, 4) is 5.75 Å². The quantitative estimate of drug-likeness (QED) is 0.884. The molecular formula is C16H18N2O3. The zero-order chi connectivity index (χ0) is 15.2. The monoisotopic (exact) mass is 286 g/mol. The van der Waals surface area contributed by atoms with Crippen molar-refractivity contribution in [2.75, 3.05) is 11.9 Å². The third-order valence-electron chi connectivity index (χ3n) is 3.06. The van der Waals surface area contributed by atoms with Crippen molar-refractivity contribution >= 4 is 11.6 Å². The number of carbonyl (C=O) groups is 1. The molecule has 0 saturated carbocycles. The van der Waals surface area contributed by atoms with Gasteiger partial charge in [-0.15, -0.1) is 0 Å². The number of carbonyl (C=O) groups excluding carboxylic acids is 1. The molecule has 21 heavy (non-hydrogen) atoms. The Bertz CT molecular complexity index is 641. The van der Waals surface area contributed by atoms with Gasteiger partial charge in [-0.05, 0) is 37.1 Å². The highest BCUT2D eigenvalue weighted by atomic mass is 16.5. The van der Waals surface area contributed by atoms with Crippen LogP contribution in [0.15, 0.2) is 36.7 Å². The lowest BCUT2D eigenvalue weighted by atomic mass is 10.1. The highest BCUT2D eigenvalue weighted by Crippen LogP contribution is 2.19. The number of anilines is 1. The van der Waals surface area contributed by atoms with Gasteiger partial charge in [0.2, 0.25) is 0 Å². The third kappa shape index (κ3) is 4.03. The van der Waals surface area contributed by atoms with Crippen LogP contribution in [0.4, 0.5) is 5.69 Å². The van der Waals surface area contributed by atoms with E-state index in [2.05, 4.69) is 10.3 Å². The van der Waals surface area contributed by atoms with Crippen molar-refractivity contribution in [3.63, 3.8) is 0 Å². The number of rotatable bonds is 5. The van der Waals surface area contributed by atoms with E-state index in [-0.39, 0.29) is 19.1 Å². The summed E-state index contributed by atoms with van der Waals surface area (Å²) in [6, 6.07) is 7.49. The lowest BCUT2D eigenvalue weighted by molar-refractivity contribution is -0.118. The van der Waals surface area contributed by atoms with Crippen molar-refractivity contribution in [2.24, 2.45) is 0 Å². The summed E-state index contributed by atoms with van der Waals surface area (Å²) in [5, 5.41) is 11.9. The first-order chi connectivity index (χ1) is 10.1. The third-order valence-corrected chi connectivity index (χ3v) is 3.06. The number of nitrogens with one attached hydrogen (secondary N) is 1. The fraction of sp³-hybridized carbons (Fsp3) is 0.250. The molecule has 5 nitrogen and oxygen atoms in total.